The molecule has 0 bridgehead atoms. The van der Waals surface area contributed by atoms with Crippen LogP contribution >= 0.6 is 15.9 Å². The van der Waals surface area contributed by atoms with Crippen LogP contribution < -0.4 is 4.74 Å². The van der Waals surface area contributed by atoms with Crippen molar-refractivity contribution in [3.05, 3.63) is 58.1 Å². The van der Waals surface area contributed by atoms with Crippen LogP contribution in [-0.2, 0) is 4.74 Å². The van der Waals surface area contributed by atoms with Crippen LogP contribution in [0.3, 0.4) is 0 Å². The number of nitrogens with zero attached hydrogens (tertiary/aromatic N) is 3. The average molecular weight is 486 g/mol. The molecule has 3 aliphatic heterocycles. The molecule has 1 N–H and O–H groups in total. The SMILES string of the molecule is CCOC(=O)N1CCC2(CC1)Oc1ccc(Br)cc1[C@@H]1CC(c3ccccc3O)=NN12. The highest BCUT2D eigenvalue weighted by atomic mass is 79.9. The first-order valence-corrected chi connectivity index (χ1v) is 11.4. The summed E-state index contributed by atoms with van der Waals surface area (Å²) in [5.41, 5.74) is 2.02. The van der Waals surface area contributed by atoms with Gasteiger partial charge in [-0.1, -0.05) is 28.1 Å². The van der Waals surface area contributed by atoms with Gasteiger partial charge in [0.2, 0.25) is 5.72 Å². The summed E-state index contributed by atoms with van der Waals surface area (Å²) in [7, 11) is 0. The number of hydrazone groups is 1. The van der Waals surface area contributed by atoms with Gasteiger partial charge < -0.3 is 19.5 Å². The van der Waals surface area contributed by atoms with Crippen molar-refractivity contribution in [2.24, 2.45) is 5.10 Å². The molecule has 1 spiro atoms. The van der Waals surface area contributed by atoms with Gasteiger partial charge in [0.15, 0.2) is 0 Å². The van der Waals surface area contributed by atoms with Crippen LogP contribution in [0.4, 0.5) is 4.79 Å². The Bertz CT molecular complexity index is 1050. The fourth-order valence-electron chi connectivity index (χ4n) is 4.72. The van der Waals surface area contributed by atoms with Gasteiger partial charge in [0.25, 0.3) is 0 Å². The largest absolute Gasteiger partial charge is 0.507 e. The maximum atomic E-state index is 12.2. The maximum absolute atomic E-state index is 12.2. The number of hydrogen-bond acceptors (Lipinski definition) is 6. The Morgan fingerprint density at radius 1 is 1.29 bits per heavy atom. The molecule has 0 aliphatic carbocycles. The predicted molar refractivity (Wildman–Crippen MR) is 119 cm³/mol. The van der Waals surface area contributed by atoms with Gasteiger partial charge in [-0.25, -0.2) is 9.80 Å². The quantitative estimate of drug-likeness (QED) is 0.669. The summed E-state index contributed by atoms with van der Waals surface area (Å²) in [6.07, 6.45) is 1.63. The molecule has 1 atom stereocenters. The van der Waals surface area contributed by atoms with Gasteiger partial charge in [0, 0.05) is 48.0 Å². The van der Waals surface area contributed by atoms with E-state index in [1.54, 1.807) is 11.0 Å². The molecule has 1 amide bonds. The number of carbonyl (C=O) groups excluding carboxylic acids is 1. The number of aromatic hydroxyl groups is 1. The number of likely N-dealkylation sites (tertiary alicyclic amines) is 1. The second-order valence-corrected chi connectivity index (χ2v) is 8.96. The van der Waals surface area contributed by atoms with E-state index in [0.717, 1.165) is 27.1 Å². The van der Waals surface area contributed by atoms with Gasteiger partial charge in [-0.2, -0.15) is 5.10 Å². The van der Waals surface area contributed by atoms with E-state index >= 15 is 0 Å². The van der Waals surface area contributed by atoms with Gasteiger partial charge in [-0.05, 0) is 37.3 Å². The monoisotopic (exact) mass is 485 g/mol. The summed E-state index contributed by atoms with van der Waals surface area (Å²) in [6.45, 7) is 3.25. The Labute approximate surface area is 189 Å². The first kappa shape index (κ1) is 20.2. The fraction of sp³-hybridized carbons (Fsp3) is 0.391. The van der Waals surface area contributed by atoms with E-state index in [4.69, 9.17) is 14.6 Å². The third kappa shape index (κ3) is 3.43. The van der Waals surface area contributed by atoms with Gasteiger partial charge in [0.1, 0.15) is 11.5 Å². The Balaban J connectivity index is 1.51. The zero-order valence-electron chi connectivity index (χ0n) is 17.3. The van der Waals surface area contributed by atoms with Crippen molar-refractivity contribution in [3.8, 4) is 11.5 Å². The van der Waals surface area contributed by atoms with Crippen LogP contribution in [0.15, 0.2) is 52.0 Å². The number of rotatable bonds is 2. The smallest absolute Gasteiger partial charge is 0.409 e. The van der Waals surface area contributed by atoms with Crippen LogP contribution in [0.25, 0.3) is 0 Å². The minimum atomic E-state index is -0.638. The number of benzene rings is 2. The minimum absolute atomic E-state index is 0.00463. The summed E-state index contributed by atoms with van der Waals surface area (Å²) in [5, 5.41) is 17.4. The molecule has 0 aromatic heterocycles. The number of fused-ring (bicyclic) bond motifs is 4. The molecule has 2 aromatic carbocycles. The summed E-state index contributed by atoms with van der Waals surface area (Å²) in [6, 6.07) is 13.4. The van der Waals surface area contributed by atoms with Crippen molar-refractivity contribution in [2.75, 3.05) is 19.7 Å². The molecule has 1 fully saturated rings. The van der Waals surface area contributed by atoms with Gasteiger partial charge >= 0.3 is 6.09 Å². The Kier molecular flexibility index (Phi) is 5.04. The number of amides is 1. The Hall–Kier alpha value is -2.74. The molecule has 5 rings (SSSR count). The van der Waals surface area contributed by atoms with E-state index in [0.29, 0.717) is 39.0 Å². The van der Waals surface area contributed by atoms with Crippen LogP contribution in [0.5, 0.6) is 11.5 Å². The zero-order valence-corrected chi connectivity index (χ0v) is 18.8. The van der Waals surface area contributed by atoms with E-state index in [2.05, 4.69) is 27.0 Å². The highest BCUT2D eigenvalue weighted by Gasteiger charge is 2.52. The number of para-hydroxylation sites is 1. The summed E-state index contributed by atoms with van der Waals surface area (Å²) >= 11 is 3.58. The molecule has 7 nitrogen and oxygen atoms in total. The number of phenols is 1. The third-order valence-corrected chi connectivity index (χ3v) is 6.74. The molecular formula is C23H24BrN3O4. The van der Waals surface area contributed by atoms with Crippen molar-refractivity contribution >= 4 is 27.7 Å². The molecule has 0 unspecified atom stereocenters. The lowest BCUT2D eigenvalue weighted by atomic mass is 9.90. The third-order valence-electron chi connectivity index (χ3n) is 6.24. The lowest BCUT2D eigenvalue weighted by Gasteiger charge is -2.51. The molecule has 162 valence electrons. The van der Waals surface area contributed by atoms with E-state index in [-0.39, 0.29) is 17.9 Å². The number of piperidine rings is 1. The molecular weight excluding hydrogens is 462 g/mol. The van der Waals surface area contributed by atoms with Crippen molar-refractivity contribution in [3.63, 3.8) is 0 Å². The second kappa shape index (κ2) is 7.75. The molecule has 0 saturated carbocycles. The van der Waals surface area contributed by atoms with Crippen LogP contribution in [0.2, 0.25) is 0 Å². The van der Waals surface area contributed by atoms with E-state index in [1.807, 2.05) is 37.3 Å². The van der Waals surface area contributed by atoms with Crippen molar-refractivity contribution in [2.45, 2.75) is 38.0 Å². The molecule has 8 heteroatoms. The number of carbonyl (C=O) groups is 1. The van der Waals surface area contributed by atoms with E-state index in [9.17, 15) is 9.90 Å². The summed E-state index contributed by atoms with van der Waals surface area (Å²) < 4.78 is 12.7. The Morgan fingerprint density at radius 2 is 2.06 bits per heavy atom. The van der Waals surface area contributed by atoms with Crippen molar-refractivity contribution in [1.82, 2.24) is 9.91 Å². The molecule has 2 aromatic rings. The predicted octanol–water partition coefficient (Wildman–Crippen LogP) is 4.65. The number of halogens is 1. The lowest BCUT2D eigenvalue weighted by Crippen LogP contribution is -2.59. The van der Waals surface area contributed by atoms with Crippen LogP contribution in [-0.4, -0.2) is 52.2 Å². The van der Waals surface area contributed by atoms with Crippen LogP contribution in [0, 0.1) is 0 Å². The molecule has 31 heavy (non-hydrogen) atoms. The fourth-order valence-corrected chi connectivity index (χ4v) is 5.10. The van der Waals surface area contributed by atoms with E-state index < -0.39 is 5.72 Å². The lowest BCUT2D eigenvalue weighted by molar-refractivity contribution is -0.147. The standard InChI is InChI=1S/C23H24BrN3O4/c1-2-30-22(29)26-11-9-23(10-12-26)27-19(17-13-15(24)7-8-21(17)31-23)14-18(25-27)16-5-3-4-6-20(16)28/h3-8,13,19,28H,2,9-12,14H2,1H3/t19-/m0/s1. The number of ether oxygens (including phenoxy) is 2. The zero-order chi connectivity index (χ0) is 21.6. The maximum Gasteiger partial charge on any atom is 0.409 e. The second-order valence-electron chi connectivity index (χ2n) is 8.04. The number of phenolic OH excluding ortho intramolecular Hbond substituents is 1. The first-order valence-electron chi connectivity index (χ1n) is 10.6. The highest BCUT2D eigenvalue weighted by molar-refractivity contribution is 9.10. The average Bonchev–Trinajstić information content (AvgIpc) is 3.22. The Morgan fingerprint density at radius 3 is 2.81 bits per heavy atom. The molecule has 3 aliphatic rings. The normalized spacial score (nSPS) is 21.2. The van der Waals surface area contributed by atoms with Gasteiger partial charge in [-0.15, -0.1) is 0 Å². The molecule has 1 saturated heterocycles. The minimum Gasteiger partial charge on any atom is -0.507 e. The number of hydrogen-bond donors (Lipinski definition) is 1. The van der Waals surface area contributed by atoms with E-state index in [1.165, 1.54) is 0 Å². The van der Waals surface area contributed by atoms with Crippen molar-refractivity contribution in [1.29, 1.82) is 0 Å². The summed E-state index contributed by atoms with van der Waals surface area (Å²) in [5.74, 6) is 1.07. The first-order chi connectivity index (χ1) is 15.0. The molecule has 0 radical (unpaired) electrons. The van der Waals surface area contributed by atoms with Crippen molar-refractivity contribution < 1.29 is 19.4 Å². The topological polar surface area (TPSA) is 74.6 Å². The van der Waals surface area contributed by atoms with Gasteiger partial charge in [0.05, 0.1) is 18.4 Å². The van der Waals surface area contributed by atoms with Gasteiger partial charge in [-0.3, -0.25) is 0 Å². The highest BCUT2D eigenvalue weighted by Crippen LogP contribution is 2.50. The molecule has 3 heterocycles. The summed E-state index contributed by atoms with van der Waals surface area (Å²) in [4.78, 5) is 13.9. The van der Waals surface area contributed by atoms with Crippen LogP contribution in [0.1, 0.15) is 43.4 Å².